The molecule has 0 aliphatic heterocycles. The third-order valence-electron chi connectivity index (χ3n) is 5.24. The highest BCUT2D eigenvalue weighted by Gasteiger charge is 2.16. The van der Waals surface area contributed by atoms with Gasteiger partial charge in [0.1, 0.15) is 5.69 Å². The van der Waals surface area contributed by atoms with Gasteiger partial charge in [0.25, 0.3) is 11.5 Å². The molecule has 5 nitrogen and oxygen atoms in total. The van der Waals surface area contributed by atoms with Crippen LogP contribution in [0.5, 0.6) is 0 Å². The summed E-state index contributed by atoms with van der Waals surface area (Å²) < 4.78 is 1.50. The van der Waals surface area contributed by atoms with Gasteiger partial charge in [-0.1, -0.05) is 50.6 Å². The van der Waals surface area contributed by atoms with Gasteiger partial charge in [0.05, 0.1) is 4.88 Å². The minimum atomic E-state index is -0.190. The summed E-state index contributed by atoms with van der Waals surface area (Å²) in [4.78, 5) is 27.3. The van der Waals surface area contributed by atoms with E-state index in [9.17, 15) is 9.59 Å². The minimum Gasteiger partial charge on any atom is -0.351 e. The lowest BCUT2D eigenvalue weighted by Crippen LogP contribution is -2.23. The molecule has 2 rings (SSSR count). The van der Waals surface area contributed by atoms with Crippen LogP contribution in [-0.4, -0.2) is 10.5 Å². The average molecular weight is 474 g/mol. The summed E-state index contributed by atoms with van der Waals surface area (Å²) in [6.07, 6.45) is 12.0. The molecule has 0 radical (unpaired) electrons. The van der Waals surface area contributed by atoms with Gasteiger partial charge in [0.2, 0.25) is 0 Å². The fourth-order valence-corrected chi connectivity index (χ4v) is 4.32. The Bertz CT molecular complexity index is 1300. The zero-order valence-corrected chi connectivity index (χ0v) is 21.0. The molecule has 0 bridgehead atoms. The number of hydrogen-bond donors (Lipinski definition) is 2. The molecule has 0 atom stereocenters. The van der Waals surface area contributed by atoms with E-state index in [0.717, 1.165) is 27.2 Å². The number of carbonyl (C=O) groups excluding carboxylic acids is 1. The molecule has 0 fully saturated rings. The molecule has 2 aromatic rings. The quantitative estimate of drug-likeness (QED) is 0.395. The average Bonchev–Trinajstić information content (AvgIpc) is 3.21. The van der Waals surface area contributed by atoms with Crippen molar-refractivity contribution < 1.29 is 4.79 Å². The lowest BCUT2D eigenvalue weighted by molar-refractivity contribution is 0.0970. The Morgan fingerprint density at radius 1 is 1.15 bits per heavy atom. The van der Waals surface area contributed by atoms with Crippen molar-refractivity contribution in [2.45, 2.75) is 20.8 Å². The number of anilines is 1. The Morgan fingerprint density at radius 3 is 2.38 bits per heavy atom. The number of nitrogens with zero attached hydrogens (tertiary/aromatic N) is 1. The van der Waals surface area contributed by atoms with Gasteiger partial charge in [-0.3, -0.25) is 9.59 Å². The van der Waals surface area contributed by atoms with Crippen LogP contribution in [0.4, 0.5) is 5.69 Å². The topological polar surface area (TPSA) is 63.1 Å². The summed E-state index contributed by atoms with van der Waals surface area (Å²) in [7, 11) is 1.69. The first kappa shape index (κ1) is 26.4. The molecule has 0 saturated carbocycles. The van der Waals surface area contributed by atoms with Gasteiger partial charge in [0, 0.05) is 35.1 Å². The first-order valence-corrected chi connectivity index (χ1v) is 11.5. The van der Waals surface area contributed by atoms with E-state index in [1.807, 2.05) is 32.9 Å². The van der Waals surface area contributed by atoms with Gasteiger partial charge in [0.15, 0.2) is 0 Å². The molecule has 2 N–H and O–H groups in total. The van der Waals surface area contributed by atoms with Crippen LogP contribution in [0.3, 0.4) is 0 Å². The van der Waals surface area contributed by atoms with Gasteiger partial charge in [-0.05, 0) is 61.8 Å². The van der Waals surface area contributed by atoms with E-state index in [1.165, 1.54) is 15.9 Å². The summed E-state index contributed by atoms with van der Waals surface area (Å²) >= 11 is 1.43. The van der Waals surface area contributed by atoms with Crippen LogP contribution in [0.25, 0.3) is 11.6 Å². The Hall–Kier alpha value is -3.90. The molecule has 6 heteroatoms. The molecule has 0 saturated heterocycles. The number of hydrogen-bond acceptors (Lipinski definition) is 4. The number of rotatable bonds is 10. The number of thiophene rings is 1. The molecule has 176 valence electrons. The molecular weight excluding hydrogens is 442 g/mol. The molecular formula is C28H31N3O2S. The van der Waals surface area contributed by atoms with Crippen molar-refractivity contribution in [3.8, 4) is 0 Å². The van der Waals surface area contributed by atoms with Crippen molar-refractivity contribution in [2.24, 2.45) is 7.05 Å². The maximum absolute atomic E-state index is 12.9. The number of nitrogens with one attached hydrogen (secondary N) is 2. The highest BCUT2D eigenvalue weighted by molar-refractivity contribution is 7.14. The second-order valence-electron chi connectivity index (χ2n) is 7.47. The van der Waals surface area contributed by atoms with Crippen LogP contribution < -0.4 is 16.2 Å². The standard InChI is InChI=1S/C28H31N3O2S/c1-9-14-22(11-3)29-25-15-21(17-31(8)28(25)33)23(12-4)18(6)24(13-5)30-27(32)26-16-20(10-2)19(7)34-26/h9-17,29H,1-4H2,5-8H3,(H,30,32)/b22-14+,23-18+,24-13+. The number of allylic oxidation sites excluding steroid dienone is 7. The van der Waals surface area contributed by atoms with Crippen molar-refractivity contribution in [3.05, 3.63) is 123 Å². The van der Waals surface area contributed by atoms with Crippen LogP contribution in [0.2, 0.25) is 0 Å². The zero-order chi connectivity index (χ0) is 25.4. The fraction of sp³-hybridized carbons (Fsp3) is 0.143. The molecule has 0 aromatic carbocycles. The predicted octanol–water partition coefficient (Wildman–Crippen LogP) is 6.36. The Balaban J connectivity index is 2.50. The van der Waals surface area contributed by atoms with Crippen LogP contribution in [0.15, 0.2) is 96.8 Å². The number of pyridine rings is 1. The van der Waals surface area contributed by atoms with E-state index < -0.39 is 0 Å². The monoisotopic (exact) mass is 473 g/mol. The van der Waals surface area contributed by atoms with Crippen molar-refractivity contribution in [2.75, 3.05) is 5.32 Å². The van der Waals surface area contributed by atoms with E-state index in [0.29, 0.717) is 22.0 Å². The van der Waals surface area contributed by atoms with Crippen LogP contribution in [0.1, 0.15) is 39.5 Å². The molecule has 2 heterocycles. The van der Waals surface area contributed by atoms with E-state index >= 15 is 0 Å². The lowest BCUT2D eigenvalue weighted by Gasteiger charge is -2.16. The number of amides is 1. The largest absolute Gasteiger partial charge is 0.351 e. The SMILES string of the molecule is C=C/C=C(\C=C)Nc1cc(/C(C=C)=C(C)/C(=C\C)NC(=O)c2cc(C=C)c(C)s2)cn(C)c1=O. The molecule has 0 aliphatic rings. The van der Waals surface area contributed by atoms with Crippen molar-refractivity contribution in [3.63, 3.8) is 0 Å². The Labute approximate surface area is 205 Å². The first-order chi connectivity index (χ1) is 16.2. The third-order valence-corrected chi connectivity index (χ3v) is 6.30. The van der Waals surface area contributed by atoms with Crippen LogP contribution in [0, 0.1) is 6.92 Å². The zero-order valence-electron chi connectivity index (χ0n) is 20.2. The number of aryl methyl sites for hydroxylation is 2. The second kappa shape index (κ2) is 11.8. The van der Waals surface area contributed by atoms with E-state index in [-0.39, 0.29) is 11.5 Å². The molecule has 0 spiro atoms. The maximum Gasteiger partial charge on any atom is 0.274 e. The molecule has 0 unspecified atom stereocenters. The predicted molar refractivity (Wildman–Crippen MR) is 147 cm³/mol. The Morgan fingerprint density at radius 2 is 1.85 bits per heavy atom. The van der Waals surface area contributed by atoms with Crippen molar-refractivity contribution in [1.82, 2.24) is 9.88 Å². The van der Waals surface area contributed by atoms with Crippen molar-refractivity contribution >= 4 is 34.6 Å². The normalized spacial score (nSPS) is 12.5. The van der Waals surface area contributed by atoms with Gasteiger partial charge in [-0.2, -0.15) is 0 Å². The highest BCUT2D eigenvalue weighted by Crippen LogP contribution is 2.27. The van der Waals surface area contributed by atoms with Gasteiger partial charge >= 0.3 is 0 Å². The molecule has 1 amide bonds. The van der Waals surface area contributed by atoms with E-state index in [1.54, 1.807) is 49.7 Å². The summed E-state index contributed by atoms with van der Waals surface area (Å²) in [6, 6.07) is 3.60. The molecule has 0 aliphatic carbocycles. The summed E-state index contributed by atoms with van der Waals surface area (Å²) in [5.41, 5.74) is 4.83. The summed E-state index contributed by atoms with van der Waals surface area (Å²) in [5.74, 6) is -0.190. The highest BCUT2D eigenvalue weighted by atomic mass is 32.1. The number of carbonyl (C=O) groups is 1. The van der Waals surface area contributed by atoms with E-state index in [4.69, 9.17) is 0 Å². The van der Waals surface area contributed by atoms with Crippen molar-refractivity contribution in [1.29, 1.82) is 0 Å². The second-order valence-corrected chi connectivity index (χ2v) is 8.73. The molecule has 2 aromatic heterocycles. The van der Waals surface area contributed by atoms with Gasteiger partial charge in [-0.25, -0.2) is 0 Å². The smallest absolute Gasteiger partial charge is 0.274 e. The minimum absolute atomic E-state index is 0.188. The van der Waals surface area contributed by atoms with Crippen LogP contribution in [-0.2, 0) is 7.05 Å². The van der Waals surface area contributed by atoms with Crippen LogP contribution >= 0.6 is 11.3 Å². The van der Waals surface area contributed by atoms with E-state index in [2.05, 4.69) is 36.9 Å². The lowest BCUT2D eigenvalue weighted by atomic mass is 9.99. The fourth-order valence-electron chi connectivity index (χ4n) is 3.40. The first-order valence-electron chi connectivity index (χ1n) is 10.7. The van der Waals surface area contributed by atoms with Gasteiger partial charge in [-0.15, -0.1) is 11.3 Å². The maximum atomic E-state index is 12.9. The Kier molecular flexibility index (Phi) is 9.16. The van der Waals surface area contributed by atoms with Gasteiger partial charge < -0.3 is 15.2 Å². The summed E-state index contributed by atoms with van der Waals surface area (Å²) in [6.45, 7) is 20.9. The summed E-state index contributed by atoms with van der Waals surface area (Å²) in [5, 5.41) is 6.10. The number of aromatic nitrogens is 1. The molecule has 34 heavy (non-hydrogen) atoms. The third kappa shape index (κ3) is 5.91.